The Morgan fingerprint density at radius 2 is 1.95 bits per heavy atom. The van der Waals surface area contributed by atoms with Crippen LogP contribution in [0.25, 0.3) is 16.8 Å². The van der Waals surface area contributed by atoms with E-state index in [4.69, 9.17) is 14.2 Å². The summed E-state index contributed by atoms with van der Waals surface area (Å²) in [5.74, 6) is 0.554. The Kier molecular flexibility index (Phi) is 7.21. The average molecular weight is 547 g/mol. The maximum atomic E-state index is 14.7. The van der Waals surface area contributed by atoms with Crippen LogP contribution in [0.1, 0.15) is 41.6 Å². The number of methoxy groups -OCH3 is 1. The van der Waals surface area contributed by atoms with Gasteiger partial charge in [0, 0.05) is 43.0 Å². The summed E-state index contributed by atoms with van der Waals surface area (Å²) >= 11 is 0. The summed E-state index contributed by atoms with van der Waals surface area (Å²) in [5, 5.41) is 11.0. The molecule has 6 rings (SSSR count). The van der Waals surface area contributed by atoms with E-state index in [1.165, 1.54) is 19.2 Å². The lowest BCUT2D eigenvalue weighted by atomic mass is 10.0. The Bertz CT molecular complexity index is 1550. The molecule has 0 spiro atoms. The van der Waals surface area contributed by atoms with E-state index < -0.39 is 5.82 Å². The quantitative estimate of drug-likeness (QED) is 0.309. The molecule has 0 unspecified atom stereocenters. The van der Waals surface area contributed by atoms with Gasteiger partial charge < -0.3 is 24.8 Å². The second-order valence-electron chi connectivity index (χ2n) is 10.2. The maximum Gasteiger partial charge on any atom is 0.327 e. The molecular weight excluding hydrogens is 515 g/mol. The zero-order valence-electron chi connectivity index (χ0n) is 22.4. The third-order valence-electron chi connectivity index (χ3n) is 7.27. The second kappa shape index (κ2) is 11.1. The minimum Gasteiger partial charge on any atom is -0.497 e. The molecule has 1 amide bonds. The number of ether oxygens (including phenoxy) is 3. The first-order valence-electron chi connectivity index (χ1n) is 13.5. The highest BCUT2D eigenvalue weighted by atomic mass is 19.1. The number of aromatic nitrogens is 4. The van der Waals surface area contributed by atoms with E-state index in [0.29, 0.717) is 35.4 Å². The summed E-state index contributed by atoms with van der Waals surface area (Å²) in [4.78, 5) is 21.8. The van der Waals surface area contributed by atoms with Crippen molar-refractivity contribution in [2.24, 2.45) is 5.92 Å². The van der Waals surface area contributed by atoms with Crippen LogP contribution >= 0.6 is 0 Å². The Labute approximate surface area is 230 Å². The highest BCUT2D eigenvalue weighted by Gasteiger charge is 2.25. The van der Waals surface area contributed by atoms with Gasteiger partial charge in [-0.15, -0.1) is 0 Å². The van der Waals surface area contributed by atoms with Gasteiger partial charge in [0.25, 0.3) is 5.91 Å². The van der Waals surface area contributed by atoms with Gasteiger partial charge in [0.15, 0.2) is 17.2 Å². The predicted octanol–water partition coefficient (Wildman–Crippen LogP) is 4.77. The van der Waals surface area contributed by atoms with E-state index >= 15 is 0 Å². The molecular formula is C29H31FN6O4. The average Bonchev–Trinajstić information content (AvgIpc) is 3.68. The van der Waals surface area contributed by atoms with E-state index in [1.807, 2.05) is 25.1 Å². The van der Waals surface area contributed by atoms with Crippen LogP contribution in [-0.4, -0.2) is 58.4 Å². The SMILES string of the molecule is COc1ccc(Oc2nc(NCC3CCOCC3)n3ncc(-c4ccc(C(=O)NC5CC5)c(C)c4)c3n2)c(F)c1. The van der Waals surface area contributed by atoms with E-state index in [-0.39, 0.29) is 23.7 Å². The van der Waals surface area contributed by atoms with E-state index in [1.54, 1.807) is 16.8 Å². The molecule has 0 bridgehead atoms. The molecule has 1 aliphatic carbocycles. The van der Waals surface area contributed by atoms with Crippen molar-refractivity contribution in [2.75, 3.05) is 32.2 Å². The third kappa shape index (κ3) is 5.55. The van der Waals surface area contributed by atoms with Gasteiger partial charge in [0.2, 0.25) is 5.95 Å². The molecule has 1 saturated carbocycles. The summed E-state index contributed by atoms with van der Waals surface area (Å²) in [6.45, 7) is 4.05. The molecule has 1 saturated heterocycles. The summed E-state index contributed by atoms with van der Waals surface area (Å²) in [7, 11) is 1.47. The lowest BCUT2D eigenvalue weighted by Gasteiger charge is -2.22. The number of hydrogen-bond donors (Lipinski definition) is 2. The Hall–Kier alpha value is -4.25. The summed E-state index contributed by atoms with van der Waals surface area (Å²) in [6, 6.07) is 10.2. The van der Waals surface area contributed by atoms with Gasteiger partial charge in [0.05, 0.1) is 13.3 Å². The molecule has 3 heterocycles. The van der Waals surface area contributed by atoms with E-state index in [2.05, 4.69) is 25.7 Å². The molecule has 2 N–H and O–H groups in total. The normalized spacial score (nSPS) is 15.7. The highest BCUT2D eigenvalue weighted by Crippen LogP contribution is 2.31. The van der Waals surface area contributed by atoms with Gasteiger partial charge >= 0.3 is 6.01 Å². The van der Waals surface area contributed by atoms with Crippen LogP contribution in [-0.2, 0) is 4.74 Å². The van der Waals surface area contributed by atoms with Crippen molar-refractivity contribution >= 4 is 17.5 Å². The number of rotatable bonds is 9. The van der Waals surface area contributed by atoms with Crippen molar-refractivity contribution in [3.8, 4) is 28.6 Å². The molecule has 2 fully saturated rings. The first kappa shape index (κ1) is 26.0. The van der Waals surface area contributed by atoms with Gasteiger partial charge in [-0.1, -0.05) is 12.1 Å². The van der Waals surface area contributed by atoms with Crippen molar-refractivity contribution < 1.29 is 23.4 Å². The lowest BCUT2D eigenvalue weighted by Crippen LogP contribution is -2.26. The van der Waals surface area contributed by atoms with Gasteiger partial charge in [-0.05, 0) is 67.9 Å². The van der Waals surface area contributed by atoms with Crippen molar-refractivity contribution in [2.45, 2.75) is 38.6 Å². The van der Waals surface area contributed by atoms with Crippen molar-refractivity contribution in [1.29, 1.82) is 0 Å². The minimum atomic E-state index is -0.594. The first-order chi connectivity index (χ1) is 19.5. The van der Waals surface area contributed by atoms with E-state index in [0.717, 1.165) is 55.6 Å². The second-order valence-corrected chi connectivity index (χ2v) is 10.2. The van der Waals surface area contributed by atoms with Crippen molar-refractivity contribution in [3.63, 3.8) is 0 Å². The molecule has 10 nitrogen and oxygen atoms in total. The largest absolute Gasteiger partial charge is 0.497 e. The number of fused-ring (bicyclic) bond motifs is 1. The third-order valence-corrected chi connectivity index (χ3v) is 7.27. The molecule has 40 heavy (non-hydrogen) atoms. The standard InChI is InChI=1S/C29H31FN6O4/c1-17-13-19(3-7-22(17)27(37)33-20-4-5-20)23-16-32-36-26(23)34-29(40-25-8-6-21(38-2)14-24(25)30)35-28(36)31-15-18-9-11-39-12-10-18/h3,6-8,13-14,16,18,20H,4-5,9-12,15H2,1-2H3,(H,33,37)(H,31,34,35). The number of amides is 1. The number of benzene rings is 2. The summed E-state index contributed by atoms with van der Waals surface area (Å²) in [5.41, 5.74) is 3.54. The summed E-state index contributed by atoms with van der Waals surface area (Å²) < 4.78 is 32.7. The lowest BCUT2D eigenvalue weighted by molar-refractivity contribution is 0.0699. The highest BCUT2D eigenvalue weighted by molar-refractivity contribution is 5.97. The number of nitrogens with zero attached hydrogens (tertiary/aromatic N) is 4. The zero-order chi connectivity index (χ0) is 27.6. The molecule has 2 aromatic heterocycles. The van der Waals surface area contributed by atoms with Crippen LogP contribution in [0, 0.1) is 18.7 Å². The number of carbonyl (C=O) groups is 1. The Morgan fingerprint density at radius 3 is 2.67 bits per heavy atom. The first-order valence-corrected chi connectivity index (χ1v) is 13.5. The fourth-order valence-corrected chi connectivity index (χ4v) is 4.77. The topological polar surface area (TPSA) is 112 Å². The molecule has 11 heteroatoms. The van der Waals surface area contributed by atoms with Gasteiger partial charge in [-0.2, -0.15) is 19.6 Å². The van der Waals surface area contributed by atoms with Crippen LogP contribution in [0.4, 0.5) is 10.3 Å². The van der Waals surface area contributed by atoms with Crippen molar-refractivity contribution in [1.82, 2.24) is 24.9 Å². The van der Waals surface area contributed by atoms with Gasteiger partial charge in [-0.25, -0.2) is 4.39 Å². The maximum absolute atomic E-state index is 14.7. The Morgan fingerprint density at radius 1 is 1.12 bits per heavy atom. The molecule has 208 valence electrons. The van der Waals surface area contributed by atoms with Crippen LogP contribution in [0.3, 0.4) is 0 Å². The summed E-state index contributed by atoms with van der Waals surface area (Å²) in [6.07, 6.45) is 5.67. The molecule has 1 aliphatic heterocycles. The number of anilines is 1. The predicted molar refractivity (Wildman–Crippen MR) is 147 cm³/mol. The molecule has 2 aromatic carbocycles. The van der Waals surface area contributed by atoms with Gasteiger partial charge in [-0.3, -0.25) is 4.79 Å². The van der Waals surface area contributed by atoms with Gasteiger partial charge in [0.1, 0.15) is 5.75 Å². The van der Waals surface area contributed by atoms with Crippen molar-refractivity contribution in [3.05, 3.63) is 59.5 Å². The number of halogens is 1. The number of aryl methyl sites for hydroxylation is 1. The number of nitrogens with one attached hydrogen (secondary N) is 2. The fourth-order valence-electron chi connectivity index (χ4n) is 4.77. The number of carbonyl (C=O) groups excluding carboxylic acids is 1. The number of hydrogen-bond acceptors (Lipinski definition) is 8. The monoisotopic (exact) mass is 546 g/mol. The zero-order valence-corrected chi connectivity index (χ0v) is 22.4. The Balaban J connectivity index is 1.35. The smallest absolute Gasteiger partial charge is 0.327 e. The van der Waals surface area contributed by atoms with Crippen LogP contribution in [0.15, 0.2) is 42.6 Å². The van der Waals surface area contributed by atoms with Crippen LogP contribution in [0.2, 0.25) is 0 Å². The molecule has 0 atom stereocenters. The van der Waals surface area contributed by atoms with E-state index in [9.17, 15) is 9.18 Å². The minimum absolute atomic E-state index is 0.0232. The molecule has 4 aromatic rings. The van der Waals surface area contributed by atoms with Crippen LogP contribution in [0.5, 0.6) is 17.5 Å². The molecule has 2 aliphatic rings. The van der Waals surface area contributed by atoms with Crippen LogP contribution < -0.4 is 20.1 Å². The molecule has 0 radical (unpaired) electrons. The fraction of sp³-hybridized carbons (Fsp3) is 0.379.